The van der Waals surface area contributed by atoms with Crippen LogP contribution in [-0.2, 0) is 0 Å². The Hall–Kier alpha value is 0.848. The Balaban J connectivity index is 3.02. The molecule has 33 valence electrons. The summed E-state index contributed by atoms with van der Waals surface area (Å²) < 4.78 is 0. The predicted octanol–water partition coefficient (Wildman–Crippen LogP) is 2.06. The van der Waals surface area contributed by atoms with Crippen LogP contribution in [0.3, 0.4) is 0 Å². The van der Waals surface area contributed by atoms with Gasteiger partial charge in [-0.05, 0) is 0 Å². The molecule has 0 saturated carbocycles. The molecule has 0 bridgehead atoms. The Labute approximate surface area is 40.1 Å². The van der Waals surface area contributed by atoms with Gasteiger partial charge in [-0.1, -0.05) is 0 Å². The van der Waals surface area contributed by atoms with Gasteiger partial charge in [0.1, 0.15) is 0 Å². The van der Waals surface area contributed by atoms with Crippen LogP contribution in [0.5, 0.6) is 0 Å². The van der Waals surface area contributed by atoms with Crippen molar-refractivity contribution in [3.63, 3.8) is 0 Å². The van der Waals surface area contributed by atoms with E-state index in [1.165, 1.54) is 0 Å². The van der Waals surface area contributed by atoms with E-state index in [0.717, 1.165) is 0 Å². The van der Waals surface area contributed by atoms with E-state index in [0.29, 0.717) is 0 Å². The summed E-state index contributed by atoms with van der Waals surface area (Å²) in [4.78, 5) is 0. The van der Waals surface area contributed by atoms with Crippen molar-refractivity contribution < 1.29 is 0 Å². The fraction of sp³-hybridized carbons (Fsp3) is 1.00. The minimum atomic E-state index is -1.40. The molecule has 2 heteroatoms. The monoisotopic (exact) mass is 155 g/mol. The molecule has 0 rings (SSSR count). The first kappa shape index (κ1) is 5.85. The molecule has 0 atom stereocenters. The van der Waals surface area contributed by atoms with Crippen molar-refractivity contribution in [3.05, 3.63) is 0 Å². The van der Waals surface area contributed by atoms with Crippen LogP contribution < -0.4 is 0 Å². The second-order valence-corrected chi connectivity index (χ2v) is 14.9. The Kier molecular flexibility index (Phi) is 1.79. The van der Waals surface area contributed by atoms with Gasteiger partial charge in [0.05, 0.1) is 0 Å². The molecule has 0 saturated heterocycles. The van der Waals surface area contributed by atoms with Gasteiger partial charge in [-0.2, -0.15) is 0 Å². The second kappa shape index (κ2) is 1.53. The normalized spacial score (nSPS) is 12.0. The summed E-state index contributed by atoms with van der Waals surface area (Å²) in [7, 11) is 5.70. The van der Waals surface area contributed by atoms with E-state index in [2.05, 4.69) is 17.1 Å². The zero-order chi connectivity index (χ0) is 4.50. The average molecular weight is 155 g/mol. The Morgan fingerprint density at radius 1 is 1.20 bits per heavy atom. The number of halogens is 1. The molecular formula is C3H9AsCl. The zero-order valence-corrected chi connectivity index (χ0v) is 6.46. The number of rotatable bonds is 0. The SMILES string of the molecule is C[As](C)(C)Cl. The van der Waals surface area contributed by atoms with Crippen LogP contribution >= 0.6 is 9.95 Å². The number of hydrogen-bond acceptors (Lipinski definition) is 0. The summed E-state index contributed by atoms with van der Waals surface area (Å²) >= 11 is -1.40. The van der Waals surface area contributed by atoms with E-state index >= 15 is 0 Å². The second-order valence-electron chi connectivity index (χ2n) is 1.85. The zero-order valence-electron chi connectivity index (χ0n) is 3.83. The fourth-order valence-electron chi connectivity index (χ4n) is 0. The maximum atomic E-state index is 5.70. The van der Waals surface area contributed by atoms with Crippen molar-refractivity contribution in [1.29, 1.82) is 0 Å². The Morgan fingerprint density at radius 3 is 1.20 bits per heavy atom. The molecule has 0 heterocycles. The van der Waals surface area contributed by atoms with Crippen LogP contribution in [0.4, 0.5) is 0 Å². The van der Waals surface area contributed by atoms with Crippen molar-refractivity contribution in [1.82, 2.24) is 0 Å². The van der Waals surface area contributed by atoms with E-state index in [1.807, 2.05) is 0 Å². The maximum absolute atomic E-state index is 5.70. The first-order valence-electron chi connectivity index (χ1n) is 1.51. The van der Waals surface area contributed by atoms with Gasteiger partial charge in [-0.15, -0.1) is 0 Å². The molecule has 5 heavy (non-hydrogen) atoms. The van der Waals surface area contributed by atoms with E-state index in [9.17, 15) is 0 Å². The molecule has 0 spiro atoms. The van der Waals surface area contributed by atoms with Crippen molar-refractivity contribution in [2.45, 2.75) is 17.1 Å². The molecule has 0 aliphatic rings. The summed E-state index contributed by atoms with van der Waals surface area (Å²) in [6, 6.07) is 0. The average Bonchev–Trinajstić information content (AvgIpc) is 0.722. The van der Waals surface area contributed by atoms with Gasteiger partial charge >= 0.3 is 39.7 Å². The van der Waals surface area contributed by atoms with Crippen molar-refractivity contribution in [3.8, 4) is 0 Å². The molecule has 0 amide bonds. The molecule has 0 nitrogen and oxygen atoms in total. The summed E-state index contributed by atoms with van der Waals surface area (Å²) in [5.41, 5.74) is 6.37. The quantitative estimate of drug-likeness (QED) is 0.470. The molecule has 0 aromatic heterocycles. The molecule has 0 aromatic carbocycles. The Morgan fingerprint density at radius 2 is 1.20 bits per heavy atom. The predicted molar refractivity (Wildman–Crippen MR) is 29.2 cm³/mol. The summed E-state index contributed by atoms with van der Waals surface area (Å²) in [6.07, 6.45) is 0. The van der Waals surface area contributed by atoms with E-state index < -0.39 is 12.6 Å². The first-order valence-corrected chi connectivity index (χ1v) is 9.61. The summed E-state index contributed by atoms with van der Waals surface area (Å²) in [5, 5.41) is 0. The molecule has 0 N–H and O–H groups in total. The van der Waals surface area contributed by atoms with Crippen LogP contribution in [-0.4, -0.2) is 12.6 Å². The van der Waals surface area contributed by atoms with Gasteiger partial charge in [0.2, 0.25) is 0 Å². The summed E-state index contributed by atoms with van der Waals surface area (Å²) in [6.45, 7) is 0. The van der Waals surface area contributed by atoms with Crippen LogP contribution in [0.1, 0.15) is 0 Å². The molecule has 0 fully saturated rings. The third-order valence-electron chi connectivity index (χ3n) is 0. The molecule has 0 unspecified atom stereocenters. The molecule has 1 radical (unpaired) electrons. The van der Waals surface area contributed by atoms with E-state index in [-0.39, 0.29) is 0 Å². The standard InChI is InChI=1S/C3H9AsCl/c1-4(2,3)5/h1-3H3. The molecule has 0 aliphatic carbocycles. The van der Waals surface area contributed by atoms with Gasteiger partial charge in [-0.3, -0.25) is 0 Å². The van der Waals surface area contributed by atoms with E-state index in [4.69, 9.17) is 9.95 Å². The fourth-order valence-corrected chi connectivity index (χ4v) is 0. The molecule has 0 aliphatic heterocycles. The third-order valence-corrected chi connectivity index (χ3v) is 0. The first-order chi connectivity index (χ1) is 2.00. The van der Waals surface area contributed by atoms with Gasteiger partial charge in [0.25, 0.3) is 0 Å². The van der Waals surface area contributed by atoms with Crippen LogP contribution in [0.2, 0.25) is 17.1 Å². The van der Waals surface area contributed by atoms with Crippen molar-refractivity contribution in [2.75, 3.05) is 0 Å². The Bertz CT molecular complexity index is 22.4. The van der Waals surface area contributed by atoms with Gasteiger partial charge < -0.3 is 0 Å². The van der Waals surface area contributed by atoms with Crippen LogP contribution in [0.15, 0.2) is 0 Å². The van der Waals surface area contributed by atoms with Gasteiger partial charge in [0, 0.05) is 0 Å². The van der Waals surface area contributed by atoms with Crippen molar-refractivity contribution in [2.24, 2.45) is 0 Å². The minimum absolute atomic E-state index is 1.40. The van der Waals surface area contributed by atoms with Crippen LogP contribution in [0.25, 0.3) is 0 Å². The third kappa shape index (κ3) is 54.6. The van der Waals surface area contributed by atoms with Crippen LogP contribution in [0, 0.1) is 0 Å². The van der Waals surface area contributed by atoms with Gasteiger partial charge in [0.15, 0.2) is 0 Å². The van der Waals surface area contributed by atoms with Gasteiger partial charge in [-0.25, -0.2) is 0 Å². The molecular weight excluding hydrogens is 146 g/mol. The topological polar surface area (TPSA) is 0 Å². The number of hydrogen-bond donors (Lipinski definition) is 0. The van der Waals surface area contributed by atoms with E-state index in [1.54, 1.807) is 0 Å². The molecule has 0 aromatic rings. The summed E-state index contributed by atoms with van der Waals surface area (Å²) in [5.74, 6) is 0. The van der Waals surface area contributed by atoms with Crippen molar-refractivity contribution >= 4 is 22.6 Å².